The van der Waals surface area contributed by atoms with E-state index in [1.54, 1.807) is 57.9 Å². The van der Waals surface area contributed by atoms with E-state index in [0.717, 1.165) is 0 Å². The molecule has 5 rings (SSSR count). The molecular formula is C35H43N3O6S. The highest BCUT2D eigenvalue weighted by atomic mass is 32.2. The van der Waals surface area contributed by atoms with Gasteiger partial charge in [0.15, 0.2) is 0 Å². The Balaban J connectivity index is 1.55. The number of rotatable bonds is 14. The molecule has 0 aromatic heterocycles. The Morgan fingerprint density at radius 1 is 1.02 bits per heavy atom. The monoisotopic (exact) mass is 633 g/mol. The Kier molecular flexibility index (Phi) is 9.94. The molecule has 6 atom stereocenters. The summed E-state index contributed by atoms with van der Waals surface area (Å²) >= 11 is 1.61. The first-order chi connectivity index (χ1) is 21.8. The predicted molar refractivity (Wildman–Crippen MR) is 178 cm³/mol. The molecule has 3 aliphatic rings. The Labute approximate surface area is 269 Å². The highest BCUT2D eigenvalue weighted by Gasteiger charge is 2.74. The van der Waals surface area contributed by atoms with Crippen LogP contribution in [0.5, 0.6) is 11.5 Å². The summed E-state index contributed by atoms with van der Waals surface area (Å²) in [6, 6.07) is 13.2. The lowest BCUT2D eigenvalue weighted by molar-refractivity contribution is -0.141. The Morgan fingerprint density at radius 2 is 1.60 bits per heavy atom. The van der Waals surface area contributed by atoms with Gasteiger partial charge in [-0.25, -0.2) is 0 Å². The van der Waals surface area contributed by atoms with Crippen molar-refractivity contribution in [1.82, 2.24) is 4.90 Å². The van der Waals surface area contributed by atoms with Gasteiger partial charge < -0.3 is 29.3 Å². The number of carbonyl (C=O) groups is 3. The zero-order valence-electron chi connectivity index (χ0n) is 26.3. The number of carbonyl (C=O) groups excluding carboxylic acids is 3. The van der Waals surface area contributed by atoms with Crippen LogP contribution in [-0.4, -0.2) is 83.2 Å². The second-order valence-corrected chi connectivity index (χ2v) is 13.2. The molecule has 45 heavy (non-hydrogen) atoms. The van der Waals surface area contributed by atoms with Crippen molar-refractivity contribution in [1.29, 1.82) is 0 Å². The standard InChI is InChI=1S/C35H43N3O6S/c1-6-20-36(24-12-16-27(17-13-24)44-9-4)32(40)29-28-18-19-35(45-28)30(29)33(41)38(23(8-3)22-39)31(35)34(42)37(21-7-2)25-10-14-26(43-5)15-11-25/h6-7,10-17,23,28-31,39H,1-2,8-9,18-22H2,3-5H3/t23-,28+,29-,30-,31?,35?/m0/s1. The number of anilines is 2. The van der Waals surface area contributed by atoms with Crippen LogP contribution in [0.1, 0.15) is 33.1 Å². The average molecular weight is 634 g/mol. The molecule has 1 N–H and O–H groups in total. The molecule has 2 aromatic carbocycles. The largest absolute Gasteiger partial charge is 0.497 e. The Bertz CT molecular complexity index is 1410. The first kappa shape index (κ1) is 32.6. The van der Waals surface area contributed by atoms with Crippen molar-refractivity contribution in [2.45, 2.75) is 55.2 Å². The maximum Gasteiger partial charge on any atom is 0.251 e. The van der Waals surface area contributed by atoms with Gasteiger partial charge in [-0.2, -0.15) is 0 Å². The fourth-order valence-corrected chi connectivity index (χ4v) is 9.53. The Morgan fingerprint density at radius 3 is 2.11 bits per heavy atom. The van der Waals surface area contributed by atoms with Crippen LogP contribution in [0.2, 0.25) is 0 Å². The zero-order valence-corrected chi connectivity index (χ0v) is 27.1. The van der Waals surface area contributed by atoms with E-state index >= 15 is 0 Å². The summed E-state index contributed by atoms with van der Waals surface area (Å²) in [7, 11) is 1.58. The molecule has 0 saturated carbocycles. The molecule has 0 radical (unpaired) electrons. The van der Waals surface area contributed by atoms with Gasteiger partial charge in [-0.3, -0.25) is 14.4 Å². The summed E-state index contributed by atoms with van der Waals surface area (Å²) in [5.74, 6) is -0.567. The van der Waals surface area contributed by atoms with Gasteiger partial charge in [-0.05, 0) is 74.7 Å². The quantitative estimate of drug-likeness (QED) is 0.301. The third kappa shape index (κ3) is 5.63. The summed E-state index contributed by atoms with van der Waals surface area (Å²) in [5, 5.41) is 10.3. The second-order valence-electron chi connectivity index (χ2n) is 11.6. The first-order valence-electron chi connectivity index (χ1n) is 15.6. The zero-order chi connectivity index (χ0) is 32.3. The highest BCUT2D eigenvalue weighted by molar-refractivity contribution is 8.02. The number of nitrogens with zero attached hydrogens (tertiary/aromatic N) is 3. The third-order valence-corrected chi connectivity index (χ3v) is 11.3. The topological polar surface area (TPSA) is 99.6 Å². The lowest BCUT2D eigenvalue weighted by atomic mass is 9.70. The molecule has 3 amide bonds. The van der Waals surface area contributed by atoms with Gasteiger partial charge >= 0.3 is 0 Å². The number of likely N-dealkylation sites (tertiary alicyclic amines) is 1. The van der Waals surface area contributed by atoms with Crippen LogP contribution in [0.4, 0.5) is 11.4 Å². The second kappa shape index (κ2) is 13.7. The number of aliphatic hydroxyl groups excluding tert-OH is 1. The number of ether oxygens (including phenoxy) is 2. The summed E-state index contributed by atoms with van der Waals surface area (Å²) < 4.78 is 10.1. The van der Waals surface area contributed by atoms with E-state index in [-0.39, 0.29) is 42.7 Å². The summed E-state index contributed by atoms with van der Waals surface area (Å²) in [6.07, 6.45) is 5.16. The fraction of sp³-hybridized carbons (Fsp3) is 0.457. The van der Waals surface area contributed by atoms with Gasteiger partial charge in [0, 0.05) is 29.7 Å². The van der Waals surface area contributed by atoms with Crippen molar-refractivity contribution >= 4 is 40.9 Å². The Hall–Kier alpha value is -3.76. The van der Waals surface area contributed by atoms with Crippen LogP contribution in [0.25, 0.3) is 0 Å². The van der Waals surface area contributed by atoms with Crippen LogP contribution in [0, 0.1) is 11.8 Å². The number of methoxy groups -OCH3 is 1. The number of aliphatic hydroxyl groups is 1. The van der Waals surface area contributed by atoms with Crippen molar-refractivity contribution in [2.24, 2.45) is 11.8 Å². The maximum absolute atomic E-state index is 14.8. The average Bonchev–Trinajstić information content (AvgIpc) is 3.71. The van der Waals surface area contributed by atoms with Gasteiger partial charge in [-0.1, -0.05) is 19.1 Å². The van der Waals surface area contributed by atoms with Gasteiger partial charge in [0.05, 0.1) is 42.9 Å². The van der Waals surface area contributed by atoms with E-state index < -0.39 is 28.7 Å². The van der Waals surface area contributed by atoms with E-state index in [4.69, 9.17) is 9.47 Å². The molecule has 240 valence electrons. The first-order valence-corrected chi connectivity index (χ1v) is 16.5. The summed E-state index contributed by atoms with van der Waals surface area (Å²) in [6.45, 7) is 12.4. The van der Waals surface area contributed by atoms with Gasteiger partial charge in [-0.15, -0.1) is 24.9 Å². The molecule has 3 fully saturated rings. The van der Waals surface area contributed by atoms with Crippen LogP contribution in [0.3, 0.4) is 0 Å². The lowest BCUT2D eigenvalue weighted by Crippen LogP contribution is -2.57. The van der Waals surface area contributed by atoms with E-state index in [2.05, 4.69) is 13.2 Å². The van der Waals surface area contributed by atoms with E-state index in [0.29, 0.717) is 48.7 Å². The molecule has 3 heterocycles. The van der Waals surface area contributed by atoms with Crippen LogP contribution >= 0.6 is 11.8 Å². The van der Waals surface area contributed by atoms with Crippen molar-refractivity contribution in [2.75, 3.05) is 43.2 Å². The maximum atomic E-state index is 14.8. The molecule has 2 aromatic rings. The summed E-state index contributed by atoms with van der Waals surface area (Å²) in [4.78, 5) is 48.8. The van der Waals surface area contributed by atoms with Gasteiger partial charge in [0.25, 0.3) is 5.91 Å². The van der Waals surface area contributed by atoms with Crippen LogP contribution in [-0.2, 0) is 14.4 Å². The minimum Gasteiger partial charge on any atom is -0.497 e. The lowest BCUT2D eigenvalue weighted by Gasteiger charge is -2.39. The smallest absolute Gasteiger partial charge is 0.251 e. The number of thioether (sulfide) groups is 1. The molecule has 2 bridgehead atoms. The third-order valence-electron chi connectivity index (χ3n) is 9.33. The SMILES string of the molecule is C=CCN(C(=O)C1N([C@@H](CC)CO)C(=O)[C@@H]2[C@@H](C(=O)N(CC=C)c3ccc(OCC)cc3)[C@H]3CCC12S3)c1ccc(OC)cc1. The normalized spacial score (nSPS) is 25.4. The molecule has 10 heteroatoms. The van der Waals surface area contributed by atoms with Gasteiger partial charge in [0.1, 0.15) is 17.5 Å². The number of hydrogen-bond donors (Lipinski definition) is 1. The van der Waals surface area contributed by atoms with Crippen molar-refractivity contribution in [3.05, 3.63) is 73.8 Å². The predicted octanol–water partition coefficient (Wildman–Crippen LogP) is 4.69. The minimum absolute atomic E-state index is 0.109. The van der Waals surface area contributed by atoms with Crippen molar-refractivity contribution < 1.29 is 29.0 Å². The molecule has 0 aliphatic carbocycles. The number of benzene rings is 2. The number of hydrogen-bond acceptors (Lipinski definition) is 7. The number of amides is 3. The molecule has 3 aliphatic heterocycles. The van der Waals surface area contributed by atoms with Crippen molar-refractivity contribution in [3.8, 4) is 11.5 Å². The molecule has 2 unspecified atom stereocenters. The summed E-state index contributed by atoms with van der Waals surface area (Å²) in [5.41, 5.74) is 1.35. The molecular weight excluding hydrogens is 590 g/mol. The molecule has 9 nitrogen and oxygen atoms in total. The van der Waals surface area contributed by atoms with E-state index in [1.807, 2.05) is 50.2 Å². The van der Waals surface area contributed by atoms with E-state index in [1.165, 1.54) is 0 Å². The van der Waals surface area contributed by atoms with Crippen molar-refractivity contribution in [3.63, 3.8) is 0 Å². The van der Waals surface area contributed by atoms with Crippen LogP contribution in [0.15, 0.2) is 73.8 Å². The van der Waals surface area contributed by atoms with Crippen LogP contribution < -0.4 is 19.3 Å². The fourth-order valence-electron chi connectivity index (χ4n) is 7.34. The van der Waals surface area contributed by atoms with Gasteiger partial charge in [0.2, 0.25) is 11.8 Å². The number of fused-ring (bicyclic) bond motifs is 1. The highest BCUT2D eigenvalue weighted by Crippen LogP contribution is 2.67. The molecule has 3 saturated heterocycles. The minimum atomic E-state index is -0.847. The molecule has 1 spiro atoms. The van der Waals surface area contributed by atoms with E-state index in [9.17, 15) is 19.5 Å².